The van der Waals surface area contributed by atoms with Gasteiger partial charge in [-0.1, -0.05) is 6.92 Å². The first-order valence-corrected chi connectivity index (χ1v) is 5.14. The molecule has 0 spiro atoms. The van der Waals surface area contributed by atoms with Gasteiger partial charge in [0.2, 0.25) is 10.5 Å². The standard InChI is InChI=1S/C5H12O3Si2/c1-3-10(8-9)7-4-5(2)6/h5-6H,3-4H2,1-2H3. The van der Waals surface area contributed by atoms with Crippen LogP contribution in [0.15, 0.2) is 0 Å². The number of rotatable bonds is 5. The Bertz CT molecular complexity index is 75.3. The maximum Gasteiger partial charge on any atom is 0.373 e. The van der Waals surface area contributed by atoms with Crippen molar-refractivity contribution in [3.05, 3.63) is 0 Å². The predicted octanol–water partition coefficient (Wildman–Crippen LogP) is -0.00800. The predicted molar refractivity (Wildman–Crippen MR) is 40.7 cm³/mol. The summed E-state index contributed by atoms with van der Waals surface area (Å²) < 4.78 is 10.0. The van der Waals surface area contributed by atoms with E-state index in [2.05, 4.69) is 10.5 Å². The van der Waals surface area contributed by atoms with Crippen LogP contribution in [0.25, 0.3) is 0 Å². The largest absolute Gasteiger partial charge is 0.436 e. The molecule has 0 saturated heterocycles. The van der Waals surface area contributed by atoms with E-state index in [1.807, 2.05) is 6.92 Å². The Morgan fingerprint density at radius 3 is 2.60 bits per heavy atom. The second-order valence-corrected chi connectivity index (χ2v) is 4.54. The molecule has 0 aliphatic heterocycles. The fourth-order valence-electron chi connectivity index (χ4n) is 0.417. The van der Waals surface area contributed by atoms with Crippen LogP contribution in [0.3, 0.4) is 0 Å². The van der Waals surface area contributed by atoms with Crippen LogP contribution in [0.4, 0.5) is 0 Å². The van der Waals surface area contributed by atoms with Gasteiger partial charge >= 0.3 is 9.28 Å². The summed E-state index contributed by atoms with van der Waals surface area (Å²) in [7, 11) is 1.75. The van der Waals surface area contributed by atoms with Crippen LogP contribution in [0, 0.1) is 0 Å². The van der Waals surface area contributed by atoms with Crippen LogP contribution in [-0.4, -0.2) is 37.6 Å². The molecule has 10 heavy (non-hydrogen) atoms. The zero-order chi connectivity index (χ0) is 7.98. The summed E-state index contributed by atoms with van der Waals surface area (Å²) in [5.74, 6) is 0. The van der Waals surface area contributed by atoms with Gasteiger partial charge in [0.25, 0.3) is 0 Å². The van der Waals surface area contributed by atoms with Gasteiger partial charge in [0.1, 0.15) is 0 Å². The van der Waals surface area contributed by atoms with E-state index in [4.69, 9.17) is 13.6 Å². The zero-order valence-corrected chi connectivity index (χ0v) is 8.26. The minimum Gasteiger partial charge on any atom is -0.436 e. The van der Waals surface area contributed by atoms with Crippen LogP contribution >= 0.6 is 0 Å². The zero-order valence-electron chi connectivity index (χ0n) is 6.26. The molecule has 0 aromatic heterocycles. The van der Waals surface area contributed by atoms with Gasteiger partial charge in [-0.3, -0.25) is 0 Å². The number of aliphatic hydroxyl groups is 1. The lowest BCUT2D eigenvalue weighted by Gasteiger charge is -2.11. The van der Waals surface area contributed by atoms with Gasteiger partial charge in [-0.2, -0.15) is 0 Å². The lowest BCUT2D eigenvalue weighted by atomic mass is 10.5. The molecular formula is C5H12O3Si2. The highest BCUT2D eigenvalue weighted by atomic mass is 28.3. The van der Waals surface area contributed by atoms with E-state index in [9.17, 15) is 0 Å². The van der Waals surface area contributed by atoms with E-state index in [-0.39, 0.29) is 0 Å². The third-order valence-electron chi connectivity index (χ3n) is 0.888. The smallest absolute Gasteiger partial charge is 0.373 e. The highest BCUT2D eigenvalue weighted by molar-refractivity contribution is 6.48. The van der Waals surface area contributed by atoms with Gasteiger partial charge in [-0.05, 0) is 13.0 Å². The summed E-state index contributed by atoms with van der Waals surface area (Å²) in [6.07, 6.45) is -0.409. The maximum atomic E-state index is 8.81. The first-order chi connectivity index (χ1) is 4.70. The fraction of sp³-hybridized carbons (Fsp3) is 1.00. The third kappa shape index (κ3) is 5.13. The van der Waals surface area contributed by atoms with E-state index in [1.165, 1.54) is 0 Å². The molecule has 0 aliphatic rings. The second-order valence-electron chi connectivity index (χ2n) is 1.99. The molecule has 58 valence electrons. The van der Waals surface area contributed by atoms with E-state index in [0.717, 1.165) is 6.04 Å². The van der Waals surface area contributed by atoms with Crippen molar-refractivity contribution in [3.8, 4) is 0 Å². The quantitative estimate of drug-likeness (QED) is 0.599. The summed E-state index contributed by atoms with van der Waals surface area (Å²) in [5.41, 5.74) is 0. The Labute approximate surface area is 66.7 Å². The summed E-state index contributed by atoms with van der Waals surface area (Å²) in [6, 6.07) is 0.862. The molecule has 5 heteroatoms. The third-order valence-corrected chi connectivity index (χ3v) is 2.86. The van der Waals surface area contributed by atoms with Crippen LogP contribution in [0.5, 0.6) is 0 Å². The van der Waals surface area contributed by atoms with E-state index < -0.39 is 15.4 Å². The molecule has 0 rings (SSSR count). The molecule has 0 amide bonds. The van der Waals surface area contributed by atoms with Crippen molar-refractivity contribution >= 4 is 19.8 Å². The van der Waals surface area contributed by atoms with Gasteiger partial charge in [0.05, 0.1) is 12.7 Å². The van der Waals surface area contributed by atoms with Crippen molar-refractivity contribution in [2.24, 2.45) is 0 Å². The molecule has 4 radical (unpaired) electrons. The molecule has 1 unspecified atom stereocenters. The van der Waals surface area contributed by atoms with Crippen LogP contribution in [0.1, 0.15) is 13.8 Å². The van der Waals surface area contributed by atoms with Crippen molar-refractivity contribution in [1.29, 1.82) is 0 Å². The van der Waals surface area contributed by atoms with Crippen LogP contribution in [0.2, 0.25) is 6.04 Å². The second kappa shape index (κ2) is 6.05. The van der Waals surface area contributed by atoms with Gasteiger partial charge in [0.15, 0.2) is 0 Å². The summed E-state index contributed by atoms with van der Waals surface area (Å²) in [4.78, 5) is 0. The lowest BCUT2D eigenvalue weighted by molar-refractivity contribution is 0.112. The van der Waals surface area contributed by atoms with Crippen LogP contribution in [-0.2, 0) is 8.54 Å². The topological polar surface area (TPSA) is 38.7 Å². The van der Waals surface area contributed by atoms with E-state index >= 15 is 0 Å². The van der Waals surface area contributed by atoms with E-state index in [1.54, 1.807) is 6.92 Å². The molecule has 0 aromatic carbocycles. The summed E-state index contributed by atoms with van der Waals surface area (Å²) in [6.45, 7) is 4.02. The minimum absolute atomic E-state index is 0.354. The molecule has 0 aromatic rings. The Kier molecular flexibility index (Phi) is 6.24. The van der Waals surface area contributed by atoms with Crippen molar-refractivity contribution < 1.29 is 13.6 Å². The van der Waals surface area contributed by atoms with Crippen molar-refractivity contribution in [1.82, 2.24) is 0 Å². The Morgan fingerprint density at radius 2 is 2.30 bits per heavy atom. The molecule has 3 nitrogen and oxygen atoms in total. The molecule has 0 saturated carbocycles. The molecular weight excluding hydrogens is 164 g/mol. The Hall–Kier alpha value is 0.314. The average Bonchev–Trinajstić information content (AvgIpc) is 1.90. The van der Waals surface area contributed by atoms with Gasteiger partial charge in [0, 0.05) is 0 Å². The van der Waals surface area contributed by atoms with Crippen molar-refractivity contribution in [2.75, 3.05) is 6.61 Å². The molecule has 0 heterocycles. The molecule has 0 aliphatic carbocycles. The van der Waals surface area contributed by atoms with Gasteiger partial charge in [-0.15, -0.1) is 0 Å². The van der Waals surface area contributed by atoms with E-state index in [0.29, 0.717) is 6.61 Å². The highest BCUT2D eigenvalue weighted by Gasteiger charge is 2.10. The lowest BCUT2D eigenvalue weighted by Crippen LogP contribution is -2.25. The highest BCUT2D eigenvalue weighted by Crippen LogP contribution is 1.94. The van der Waals surface area contributed by atoms with Crippen molar-refractivity contribution in [3.63, 3.8) is 0 Å². The number of hydrogen-bond acceptors (Lipinski definition) is 3. The molecule has 1 N–H and O–H groups in total. The van der Waals surface area contributed by atoms with Crippen molar-refractivity contribution in [2.45, 2.75) is 26.0 Å². The monoisotopic (exact) mass is 176 g/mol. The Balaban J connectivity index is 3.26. The summed E-state index contributed by atoms with van der Waals surface area (Å²) in [5, 5.41) is 8.81. The average molecular weight is 176 g/mol. The first kappa shape index (κ1) is 10.3. The fourth-order valence-corrected chi connectivity index (χ4v) is 1.86. The minimum atomic E-state index is -1.16. The van der Waals surface area contributed by atoms with Gasteiger partial charge in [-0.25, -0.2) is 0 Å². The normalized spacial score (nSPS) is 14.1. The number of hydrogen-bond donors (Lipinski definition) is 1. The summed E-state index contributed by atoms with van der Waals surface area (Å²) >= 11 is 0. The molecule has 0 bridgehead atoms. The molecule has 1 atom stereocenters. The SMILES string of the molecule is CC[Si](O[Si])OCC(C)O. The molecule has 0 fully saturated rings. The number of aliphatic hydroxyl groups excluding tert-OH is 1. The Morgan fingerprint density at radius 1 is 1.70 bits per heavy atom. The van der Waals surface area contributed by atoms with Crippen LogP contribution < -0.4 is 0 Å². The van der Waals surface area contributed by atoms with Gasteiger partial charge < -0.3 is 13.6 Å². The maximum absolute atomic E-state index is 8.81. The first-order valence-electron chi connectivity index (χ1n) is 3.21.